The van der Waals surface area contributed by atoms with Gasteiger partial charge in [-0.25, -0.2) is 0 Å². The summed E-state index contributed by atoms with van der Waals surface area (Å²) in [7, 11) is 0. The highest BCUT2D eigenvalue weighted by atomic mass is 16.1. The van der Waals surface area contributed by atoms with E-state index in [0.29, 0.717) is 12.3 Å². The summed E-state index contributed by atoms with van der Waals surface area (Å²) < 4.78 is 0. The molecule has 0 aliphatic carbocycles. The molecular weight excluding hydrogens is 272 g/mol. The van der Waals surface area contributed by atoms with E-state index in [-0.39, 0.29) is 5.91 Å². The number of hydrogen-bond donors (Lipinski definition) is 1. The third-order valence-corrected chi connectivity index (χ3v) is 4.42. The Kier molecular flexibility index (Phi) is 4.42. The van der Waals surface area contributed by atoms with Crippen LogP contribution in [0.1, 0.15) is 29.9 Å². The molecule has 1 saturated heterocycles. The number of rotatable bonds is 4. The van der Waals surface area contributed by atoms with E-state index in [1.165, 1.54) is 24.1 Å². The van der Waals surface area contributed by atoms with Crippen molar-refractivity contribution in [3.05, 3.63) is 65.7 Å². The maximum Gasteiger partial charge on any atom is 0.221 e. The molecule has 3 nitrogen and oxygen atoms in total. The Labute approximate surface area is 131 Å². The molecule has 1 aliphatic heterocycles. The van der Waals surface area contributed by atoms with Crippen LogP contribution in [0, 0.1) is 0 Å². The van der Waals surface area contributed by atoms with Gasteiger partial charge in [0.25, 0.3) is 0 Å². The standard InChI is InChI=1S/C19H22N2O/c20-19(22)14-15-5-4-8-18(13-15)21-11-9-17(10-12-21)16-6-2-1-3-7-16/h1-8,13,17H,9-12,14H2,(H2,20,22). The van der Waals surface area contributed by atoms with Gasteiger partial charge in [-0.1, -0.05) is 42.5 Å². The number of amides is 1. The highest BCUT2D eigenvalue weighted by molar-refractivity contribution is 5.77. The third kappa shape index (κ3) is 3.48. The molecule has 22 heavy (non-hydrogen) atoms. The predicted molar refractivity (Wildman–Crippen MR) is 90.0 cm³/mol. The zero-order chi connectivity index (χ0) is 15.4. The van der Waals surface area contributed by atoms with Crippen LogP contribution in [-0.4, -0.2) is 19.0 Å². The highest BCUT2D eigenvalue weighted by Crippen LogP contribution is 2.30. The molecule has 0 spiro atoms. The smallest absolute Gasteiger partial charge is 0.221 e. The molecule has 2 aromatic carbocycles. The van der Waals surface area contributed by atoms with Crippen molar-refractivity contribution in [2.24, 2.45) is 5.73 Å². The lowest BCUT2D eigenvalue weighted by atomic mass is 9.89. The Morgan fingerprint density at radius 3 is 2.45 bits per heavy atom. The number of carbonyl (C=O) groups is 1. The Balaban J connectivity index is 1.65. The largest absolute Gasteiger partial charge is 0.371 e. The number of nitrogens with zero attached hydrogens (tertiary/aromatic N) is 1. The van der Waals surface area contributed by atoms with Crippen molar-refractivity contribution < 1.29 is 4.79 Å². The van der Waals surface area contributed by atoms with Gasteiger partial charge in [0.1, 0.15) is 0 Å². The monoisotopic (exact) mass is 294 g/mol. The summed E-state index contributed by atoms with van der Waals surface area (Å²) in [6.07, 6.45) is 2.66. The molecule has 1 aliphatic rings. The Morgan fingerprint density at radius 2 is 1.77 bits per heavy atom. The third-order valence-electron chi connectivity index (χ3n) is 4.42. The summed E-state index contributed by atoms with van der Waals surface area (Å²) in [5.74, 6) is 0.381. The highest BCUT2D eigenvalue weighted by Gasteiger charge is 2.20. The number of anilines is 1. The van der Waals surface area contributed by atoms with Crippen LogP contribution in [0.2, 0.25) is 0 Å². The van der Waals surface area contributed by atoms with E-state index in [4.69, 9.17) is 5.73 Å². The molecule has 1 heterocycles. The zero-order valence-corrected chi connectivity index (χ0v) is 12.7. The fourth-order valence-electron chi connectivity index (χ4n) is 3.26. The van der Waals surface area contributed by atoms with Crippen molar-refractivity contribution in [3.63, 3.8) is 0 Å². The first-order valence-corrected chi connectivity index (χ1v) is 7.89. The zero-order valence-electron chi connectivity index (χ0n) is 12.7. The van der Waals surface area contributed by atoms with Crippen LogP contribution in [0.4, 0.5) is 5.69 Å². The van der Waals surface area contributed by atoms with Crippen LogP contribution in [0.3, 0.4) is 0 Å². The quantitative estimate of drug-likeness (QED) is 0.942. The Bertz CT molecular complexity index is 631. The fraction of sp³-hybridized carbons (Fsp3) is 0.316. The topological polar surface area (TPSA) is 46.3 Å². The number of benzene rings is 2. The summed E-state index contributed by atoms with van der Waals surface area (Å²) in [4.78, 5) is 13.5. The van der Waals surface area contributed by atoms with Crippen LogP contribution in [0.15, 0.2) is 54.6 Å². The van der Waals surface area contributed by atoms with Crippen molar-refractivity contribution in [3.8, 4) is 0 Å². The minimum atomic E-state index is -0.278. The molecule has 2 aromatic rings. The molecule has 0 bridgehead atoms. The van der Waals surface area contributed by atoms with Crippen LogP contribution < -0.4 is 10.6 Å². The summed E-state index contributed by atoms with van der Waals surface area (Å²) >= 11 is 0. The molecule has 1 fully saturated rings. The molecule has 0 atom stereocenters. The van der Waals surface area contributed by atoms with Gasteiger partial charge in [-0.05, 0) is 42.0 Å². The second kappa shape index (κ2) is 6.65. The molecule has 2 N–H and O–H groups in total. The lowest BCUT2D eigenvalue weighted by molar-refractivity contribution is -0.117. The minimum Gasteiger partial charge on any atom is -0.371 e. The van der Waals surface area contributed by atoms with Crippen molar-refractivity contribution >= 4 is 11.6 Å². The van der Waals surface area contributed by atoms with E-state index >= 15 is 0 Å². The number of primary amides is 1. The number of carbonyl (C=O) groups excluding carboxylic acids is 1. The van der Waals surface area contributed by atoms with Gasteiger partial charge in [0.15, 0.2) is 0 Å². The van der Waals surface area contributed by atoms with E-state index in [9.17, 15) is 4.79 Å². The van der Waals surface area contributed by atoms with E-state index in [1.807, 2.05) is 12.1 Å². The summed E-state index contributed by atoms with van der Waals surface area (Å²) in [6.45, 7) is 2.11. The number of nitrogens with two attached hydrogens (primary N) is 1. The number of piperidine rings is 1. The molecule has 114 valence electrons. The summed E-state index contributed by atoms with van der Waals surface area (Å²) in [5.41, 5.74) is 8.93. The van der Waals surface area contributed by atoms with E-state index in [0.717, 1.165) is 18.7 Å². The number of hydrogen-bond acceptors (Lipinski definition) is 2. The first-order valence-electron chi connectivity index (χ1n) is 7.89. The van der Waals surface area contributed by atoms with Gasteiger partial charge >= 0.3 is 0 Å². The summed E-state index contributed by atoms with van der Waals surface area (Å²) in [6, 6.07) is 19.0. The average Bonchev–Trinajstić information content (AvgIpc) is 2.55. The van der Waals surface area contributed by atoms with Gasteiger partial charge in [-0.3, -0.25) is 4.79 Å². The van der Waals surface area contributed by atoms with E-state index in [1.54, 1.807) is 0 Å². The van der Waals surface area contributed by atoms with Crippen molar-refractivity contribution in [2.75, 3.05) is 18.0 Å². The fourth-order valence-corrected chi connectivity index (χ4v) is 3.26. The van der Waals surface area contributed by atoms with Gasteiger partial charge in [0.05, 0.1) is 6.42 Å². The van der Waals surface area contributed by atoms with Crippen LogP contribution >= 0.6 is 0 Å². The molecule has 1 amide bonds. The first-order chi connectivity index (χ1) is 10.7. The van der Waals surface area contributed by atoms with Crippen molar-refractivity contribution in [2.45, 2.75) is 25.2 Å². The molecule has 0 aromatic heterocycles. The predicted octanol–water partition coefficient (Wildman–Crippen LogP) is 3.10. The lowest BCUT2D eigenvalue weighted by Crippen LogP contribution is -2.32. The van der Waals surface area contributed by atoms with E-state index < -0.39 is 0 Å². The average molecular weight is 294 g/mol. The van der Waals surface area contributed by atoms with Gasteiger partial charge in [-0.2, -0.15) is 0 Å². The van der Waals surface area contributed by atoms with Crippen LogP contribution in [0.5, 0.6) is 0 Å². The van der Waals surface area contributed by atoms with Crippen molar-refractivity contribution in [1.82, 2.24) is 0 Å². The van der Waals surface area contributed by atoms with Gasteiger partial charge < -0.3 is 10.6 Å². The van der Waals surface area contributed by atoms with Gasteiger partial charge in [0.2, 0.25) is 5.91 Å². The normalized spacial score (nSPS) is 15.7. The minimum absolute atomic E-state index is 0.278. The summed E-state index contributed by atoms with van der Waals surface area (Å²) in [5, 5.41) is 0. The second-order valence-electron chi connectivity index (χ2n) is 5.98. The maximum absolute atomic E-state index is 11.1. The molecule has 3 heteroatoms. The van der Waals surface area contributed by atoms with Gasteiger partial charge in [0, 0.05) is 18.8 Å². The van der Waals surface area contributed by atoms with Gasteiger partial charge in [-0.15, -0.1) is 0 Å². The van der Waals surface area contributed by atoms with Crippen LogP contribution in [0.25, 0.3) is 0 Å². The molecule has 0 radical (unpaired) electrons. The molecule has 0 saturated carbocycles. The SMILES string of the molecule is NC(=O)Cc1cccc(N2CCC(c3ccccc3)CC2)c1. The second-order valence-corrected chi connectivity index (χ2v) is 5.98. The molecule has 3 rings (SSSR count). The maximum atomic E-state index is 11.1. The Hall–Kier alpha value is -2.29. The molecule has 0 unspecified atom stereocenters. The molecular formula is C19H22N2O. The van der Waals surface area contributed by atoms with Crippen LogP contribution in [-0.2, 0) is 11.2 Å². The van der Waals surface area contributed by atoms with E-state index in [2.05, 4.69) is 47.4 Å². The van der Waals surface area contributed by atoms with Crippen molar-refractivity contribution in [1.29, 1.82) is 0 Å². The lowest BCUT2D eigenvalue weighted by Gasteiger charge is -2.34. The Morgan fingerprint density at radius 1 is 1.05 bits per heavy atom. The first kappa shape index (κ1) is 14.6.